The highest BCUT2D eigenvalue weighted by atomic mass is 32.2. The van der Waals surface area contributed by atoms with Gasteiger partial charge in [0.2, 0.25) is 0 Å². The van der Waals surface area contributed by atoms with E-state index in [2.05, 4.69) is 10.0 Å². The Morgan fingerprint density at radius 3 is 2.43 bits per heavy atom. The van der Waals surface area contributed by atoms with E-state index < -0.39 is 15.9 Å². The number of carbonyl (C=O) groups excluding carboxylic acids is 1. The number of aromatic hydroxyl groups is 1. The third kappa shape index (κ3) is 4.81. The number of methoxy groups -OCH3 is 2. The summed E-state index contributed by atoms with van der Waals surface area (Å²) >= 11 is 0. The summed E-state index contributed by atoms with van der Waals surface area (Å²) in [5.41, 5.74) is 0.708. The van der Waals surface area contributed by atoms with Gasteiger partial charge in [-0.05, 0) is 30.3 Å². The largest absolute Gasteiger partial charge is 0.508 e. The average Bonchev–Trinajstić information content (AvgIpc) is 2.73. The van der Waals surface area contributed by atoms with Gasteiger partial charge in [-0.25, -0.2) is 8.42 Å². The summed E-state index contributed by atoms with van der Waals surface area (Å²) in [5, 5.41) is 12.3. The zero-order valence-electron chi connectivity index (χ0n) is 16.2. The minimum absolute atomic E-state index is 0.0815. The molecule has 1 amide bonds. The molecule has 0 saturated carbocycles. The fraction of sp³-hybridized carbons (Fsp3) is 0.0952. The van der Waals surface area contributed by atoms with Gasteiger partial charge in [-0.2, -0.15) is 0 Å². The smallest absolute Gasteiger partial charge is 0.262 e. The zero-order chi connectivity index (χ0) is 21.7. The zero-order valence-corrected chi connectivity index (χ0v) is 17.1. The van der Waals surface area contributed by atoms with Gasteiger partial charge in [0.1, 0.15) is 17.2 Å². The third-order valence-corrected chi connectivity index (χ3v) is 5.51. The van der Waals surface area contributed by atoms with E-state index in [4.69, 9.17) is 9.47 Å². The van der Waals surface area contributed by atoms with Gasteiger partial charge in [-0.1, -0.05) is 18.2 Å². The summed E-state index contributed by atoms with van der Waals surface area (Å²) in [6.07, 6.45) is 0. The Hall–Kier alpha value is -3.72. The van der Waals surface area contributed by atoms with Crippen LogP contribution in [-0.2, 0) is 10.0 Å². The maximum Gasteiger partial charge on any atom is 0.262 e. The van der Waals surface area contributed by atoms with Crippen LogP contribution in [0.15, 0.2) is 71.6 Å². The normalized spacial score (nSPS) is 10.9. The molecule has 3 rings (SSSR count). The van der Waals surface area contributed by atoms with Crippen LogP contribution in [0.2, 0.25) is 0 Å². The summed E-state index contributed by atoms with van der Waals surface area (Å²) < 4.78 is 38.2. The first kappa shape index (κ1) is 21.0. The van der Waals surface area contributed by atoms with Crippen LogP contribution in [0.3, 0.4) is 0 Å². The molecule has 3 aromatic rings. The van der Waals surface area contributed by atoms with Crippen molar-refractivity contribution in [1.82, 2.24) is 0 Å². The Kier molecular flexibility index (Phi) is 6.12. The number of phenols is 1. The molecule has 0 aromatic heterocycles. The second-order valence-corrected chi connectivity index (χ2v) is 7.89. The first-order valence-electron chi connectivity index (χ1n) is 8.77. The van der Waals surface area contributed by atoms with Crippen LogP contribution in [0, 0.1) is 0 Å². The number of hydrogen-bond donors (Lipinski definition) is 3. The highest BCUT2D eigenvalue weighted by molar-refractivity contribution is 7.92. The topological polar surface area (TPSA) is 114 Å². The Balaban J connectivity index is 1.84. The number of amides is 1. The van der Waals surface area contributed by atoms with Crippen LogP contribution in [-0.4, -0.2) is 33.7 Å². The minimum Gasteiger partial charge on any atom is -0.508 e. The number of para-hydroxylation sites is 2. The van der Waals surface area contributed by atoms with E-state index in [9.17, 15) is 18.3 Å². The van der Waals surface area contributed by atoms with E-state index in [1.165, 1.54) is 56.7 Å². The monoisotopic (exact) mass is 428 g/mol. The van der Waals surface area contributed by atoms with Crippen molar-refractivity contribution in [2.75, 3.05) is 24.3 Å². The summed E-state index contributed by atoms with van der Waals surface area (Å²) in [6.45, 7) is 0. The highest BCUT2D eigenvalue weighted by Gasteiger charge is 2.18. The molecule has 0 aliphatic rings. The van der Waals surface area contributed by atoms with Crippen LogP contribution in [0.4, 0.5) is 11.4 Å². The number of ether oxygens (including phenoxy) is 2. The molecule has 3 N–H and O–H groups in total. The lowest BCUT2D eigenvalue weighted by Crippen LogP contribution is -2.16. The number of sulfonamides is 1. The van der Waals surface area contributed by atoms with Crippen molar-refractivity contribution >= 4 is 27.3 Å². The third-order valence-electron chi connectivity index (χ3n) is 4.14. The van der Waals surface area contributed by atoms with Crippen molar-refractivity contribution in [1.29, 1.82) is 0 Å². The molecule has 156 valence electrons. The minimum atomic E-state index is -3.96. The van der Waals surface area contributed by atoms with Crippen molar-refractivity contribution in [2.45, 2.75) is 4.90 Å². The van der Waals surface area contributed by atoms with E-state index in [-0.39, 0.29) is 21.9 Å². The van der Waals surface area contributed by atoms with E-state index in [1.54, 1.807) is 24.3 Å². The van der Waals surface area contributed by atoms with E-state index in [0.29, 0.717) is 17.2 Å². The molecule has 0 radical (unpaired) electrons. The van der Waals surface area contributed by atoms with Gasteiger partial charge in [0.05, 0.1) is 24.8 Å². The predicted octanol–water partition coefficient (Wildman–Crippen LogP) is 3.46. The molecule has 3 aromatic carbocycles. The van der Waals surface area contributed by atoms with Crippen LogP contribution in [0.25, 0.3) is 0 Å². The molecule has 0 unspecified atom stereocenters. The van der Waals surface area contributed by atoms with E-state index >= 15 is 0 Å². The molecule has 0 aliphatic heterocycles. The summed E-state index contributed by atoms with van der Waals surface area (Å²) in [6, 6.07) is 16.5. The van der Waals surface area contributed by atoms with Crippen molar-refractivity contribution in [2.24, 2.45) is 0 Å². The number of anilines is 2. The molecule has 0 atom stereocenters. The molecule has 0 spiro atoms. The van der Waals surface area contributed by atoms with Crippen molar-refractivity contribution in [3.8, 4) is 17.2 Å². The highest BCUT2D eigenvalue weighted by Crippen LogP contribution is 2.27. The first-order chi connectivity index (χ1) is 14.3. The Morgan fingerprint density at radius 2 is 1.70 bits per heavy atom. The van der Waals surface area contributed by atoms with Crippen molar-refractivity contribution in [3.63, 3.8) is 0 Å². The lowest BCUT2D eigenvalue weighted by atomic mass is 10.2. The molecular formula is C21H20N2O6S. The van der Waals surface area contributed by atoms with Gasteiger partial charge in [-0.3, -0.25) is 9.52 Å². The van der Waals surface area contributed by atoms with E-state index in [1.807, 2.05) is 0 Å². The maximum atomic E-state index is 12.8. The number of hydrogen-bond acceptors (Lipinski definition) is 6. The second kappa shape index (κ2) is 8.75. The van der Waals surface area contributed by atoms with Gasteiger partial charge in [-0.15, -0.1) is 0 Å². The molecule has 0 bridgehead atoms. The number of phenolic OH excluding ortho intramolecular Hbond substituents is 1. The molecule has 0 aliphatic carbocycles. The van der Waals surface area contributed by atoms with Crippen LogP contribution in [0.5, 0.6) is 17.2 Å². The summed E-state index contributed by atoms with van der Waals surface area (Å²) in [4.78, 5) is 12.5. The van der Waals surface area contributed by atoms with Gasteiger partial charge in [0.25, 0.3) is 15.9 Å². The molecular weight excluding hydrogens is 408 g/mol. The van der Waals surface area contributed by atoms with Crippen LogP contribution >= 0.6 is 0 Å². The summed E-state index contributed by atoms with van der Waals surface area (Å²) in [7, 11) is -1.09. The molecule has 0 heterocycles. The molecule has 30 heavy (non-hydrogen) atoms. The van der Waals surface area contributed by atoms with Crippen LogP contribution in [0.1, 0.15) is 10.4 Å². The first-order valence-corrected chi connectivity index (χ1v) is 10.3. The van der Waals surface area contributed by atoms with E-state index in [0.717, 1.165) is 0 Å². The second-order valence-electron chi connectivity index (χ2n) is 6.21. The van der Waals surface area contributed by atoms with Gasteiger partial charge >= 0.3 is 0 Å². The van der Waals surface area contributed by atoms with Gasteiger partial charge < -0.3 is 19.9 Å². The Labute approximate surface area is 174 Å². The van der Waals surface area contributed by atoms with Gasteiger partial charge in [0, 0.05) is 29.4 Å². The lowest BCUT2D eigenvalue weighted by Gasteiger charge is -2.12. The quantitative estimate of drug-likeness (QED) is 0.531. The summed E-state index contributed by atoms with van der Waals surface area (Å²) in [5.74, 6) is 0.106. The Bertz CT molecular complexity index is 1180. The molecule has 0 fully saturated rings. The fourth-order valence-corrected chi connectivity index (χ4v) is 3.83. The average molecular weight is 428 g/mol. The van der Waals surface area contributed by atoms with Gasteiger partial charge in [0.15, 0.2) is 0 Å². The molecule has 8 nitrogen and oxygen atoms in total. The van der Waals surface area contributed by atoms with Crippen molar-refractivity contribution < 1.29 is 27.8 Å². The fourth-order valence-electron chi connectivity index (χ4n) is 2.71. The number of benzene rings is 3. The lowest BCUT2D eigenvalue weighted by molar-refractivity contribution is 0.102. The Morgan fingerprint density at radius 1 is 0.933 bits per heavy atom. The standard InChI is InChI=1S/C21H20N2O6S/c1-28-17-12-15(11-16(24)13-17)22-21(25)14-6-5-7-18(10-14)30(26,27)23-19-8-3-4-9-20(19)29-2/h3-13,23-24H,1-2H3,(H,22,25). The number of nitrogens with one attached hydrogen (secondary N) is 2. The molecule has 0 saturated heterocycles. The molecule has 9 heteroatoms. The predicted molar refractivity (Wildman–Crippen MR) is 113 cm³/mol. The number of rotatable bonds is 7. The maximum absolute atomic E-state index is 12.8. The number of carbonyl (C=O) groups is 1. The van der Waals surface area contributed by atoms with Crippen LogP contribution < -0.4 is 19.5 Å². The van der Waals surface area contributed by atoms with Crippen molar-refractivity contribution in [3.05, 3.63) is 72.3 Å². The SMILES string of the molecule is COc1cc(O)cc(NC(=O)c2cccc(S(=O)(=O)Nc3ccccc3OC)c2)c1.